The summed E-state index contributed by atoms with van der Waals surface area (Å²) in [5, 5.41) is 2.74. The summed E-state index contributed by atoms with van der Waals surface area (Å²) in [7, 11) is 4.19. The Bertz CT molecular complexity index is 813. The van der Waals surface area contributed by atoms with Crippen molar-refractivity contribution < 1.29 is 14.3 Å². The molecule has 8 nitrogen and oxygen atoms in total. The molecule has 1 heterocycles. The lowest BCUT2D eigenvalue weighted by molar-refractivity contribution is -0.152. The molecule has 1 saturated carbocycles. The van der Waals surface area contributed by atoms with Crippen LogP contribution in [-0.2, 0) is 28.4 Å². The molecule has 1 aromatic heterocycles. The minimum Gasteiger partial charge on any atom is -0.467 e. The number of esters is 1. The topological polar surface area (TPSA) is 99.4 Å². The minimum absolute atomic E-state index is 0.204. The van der Waals surface area contributed by atoms with Crippen LogP contribution in [0.4, 0.5) is 0 Å². The lowest BCUT2D eigenvalue weighted by Gasteiger charge is -2.34. The first-order valence-electron chi connectivity index (χ1n) is 8.16. The average Bonchev–Trinajstić information content (AvgIpc) is 2.61. The number of carbonyl (C=O) groups is 2. The molecule has 0 radical (unpaired) electrons. The third-order valence-electron chi connectivity index (χ3n) is 4.53. The lowest BCUT2D eigenvalue weighted by atomic mass is 9.81. The molecule has 0 aromatic carbocycles. The highest BCUT2D eigenvalue weighted by molar-refractivity contribution is 5.96. The molecule has 1 fully saturated rings. The first-order valence-corrected chi connectivity index (χ1v) is 8.16. The predicted octanol–water partition coefficient (Wildman–Crippen LogP) is 0.0893. The fraction of sp³-hybridized carbons (Fsp3) is 0.529. The van der Waals surface area contributed by atoms with Gasteiger partial charge in [-0.05, 0) is 18.9 Å². The number of aromatic nitrogens is 2. The number of aryl methyl sites for hydroxylation is 1. The van der Waals surface area contributed by atoms with Gasteiger partial charge in [-0.25, -0.2) is 9.59 Å². The van der Waals surface area contributed by atoms with E-state index < -0.39 is 28.7 Å². The molecular formula is C17H23N3O5. The van der Waals surface area contributed by atoms with Crippen LogP contribution in [0, 0.1) is 0 Å². The van der Waals surface area contributed by atoms with Gasteiger partial charge in [0.1, 0.15) is 5.54 Å². The summed E-state index contributed by atoms with van der Waals surface area (Å²) < 4.78 is 7.08. The largest absolute Gasteiger partial charge is 0.467 e. The van der Waals surface area contributed by atoms with Gasteiger partial charge >= 0.3 is 11.7 Å². The molecule has 25 heavy (non-hydrogen) atoms. The molecule has 8 heteroatoms. The standard InChI is InChI=1S/C17H23N3O5/c1-19-11-12(14(22)20(2)16(19)24)7-8-13(21)18-17(15(23)25-3)9-5-4-6-10-17/h7-8,11H,4-6,9-10H2,1-3H3,(H,18,21)/b8-7+. The van der Waals surface area contributed by atoms with Crippen LogP contribution in [0.15, 0.2) is 21.9 Å². The van der Waals surface area contributed by atoms with E-state index in [0.717, 1.165) is 23.8 Å². The predicted molar refractivity (Wildman–Crippen MR) is 91.9 cm³/mol. The Hall–Kier alpha value is -2.64. The van der Waals surface area contributed by atoms with Crippen LogP contribution in [0.1, 0.15) is 37.7 Å². The quantitative estimate of drug-likeness (QED) is 0.613. The van der Waals surface area contributed by atoms with Crippen LogP contribution in [0.25, 0.3) is 6.08 Å². The van der Waals surface area contributed by atoms with Crippen LogP contribution < -0.4 is 16.6 Å². The maximum absolute atomic E-state index is 12.3. The van der Waals surface area contributed by atoms with Crippen molar-refractivity contribution in [2.24, 2.45) is 14.1 Å². The fourth-order valence-corrected chi connectivity index (χ4v) is 3.12. The Morgan fingerprint density at radius 3 is 2.44 bits per heavy atom. The van der Waals surface area contributed by atoms with Gasteiger partial charge in [-0.3, -0.25) is 14.2 Å². The minimum atomic E-state index is -1.01. The summed E-state index contributed by atoms with van der Waals surface area (Å²) in [5.74, 6) is -0.935. The third kappa shape index (κ3) is 3.89. The molecule has 0 saturated heterocycles. The maximum atomic E-state index is 12.3. The van der Waals surface area contributed by atoms with E-state index in [2.05, 4.69) is 5.32 Å². The van der Waals surface area contributed by atoms with Gasteiger partial charge in [0, 0.05) is 26.4 Å². The molecule has 1 N–H and O–H groups in total. The lowest BCUT2D eigenvalue weighted by Crippen LogP contribution is -2.55. The van der Waals surface area contributed by atoms with Gasteiger partial charge < -0.3 is 14.6 Å². The molecule has 0 atom stereocenters. The van der Waals surface area contributed by atoms with Crippen molar-refractivity contribution in [3.05, 3.63) is 38.7 Å². The smallest absolute Gasteiger partial charge is 0.331 e. The molecule has 0 aliphatic heterocycles. The Kier molecular flexibility index (Phi) is 5.61. The second-order valence-corrected chi connectivity index (χ2v) is 6.30. The van der Waals surface area contributed by atoms with E-state index in [1.165, 1.54) is 44.1 Å². The van der Waals surface area contributed by atoms with E-state index in [-0.39, 0.29) is 5.56 Å². The zero-order valence-corrected chi connectivity index (χ0v) is 14.7. The van der Waals surface area contributed by atoms with Crippen LogP contribution in [-0.4, -0.2) is 33.7 Å². The number of ether oxygens (including phenoxy) is 1. The molecule has 1 amide bonds. The summed E-state index contributed by atoms with van der Waals surface area (Å²) in [6.45, 7) is 0. The highest BCUT2D eigenvalue weighted by atomic mass is 16.5. The molecule has 1 aromatic rings. The molecular weight excluding hydrogens is 326 g/mol. The number of methoxy groups -OCH3 is 1. The number of hydrogen-bond acceptors (Lipinski definition) is 5. The molecule has 2 rings (SSSR count). The monoisotopic (exact) mass is 349 g/mol. The van der Waals surface area contributed by atoms with Crippen molar-refractivity contribution in [2.75, 3.05) is 7.11 Å². The van der Waals surface area contributed by atoms with E-state index >= 15 is 0 Å². The van der Waals surface area contributed by atoms with Crippen molar-refractivity contribution in [3.8, 4) is 0 Å². The molecule has 136 valence electrons. The number of nitrogens with zero attached hydrogens (tertiary/aromatic N) is 2. The first kappa shape index (κ1) is 18.7. The Balaban J connectivity index is 2.22. The Labute approximate surface area is 145 Å². The Morgan fingerprint density at radius 1 is 1.20 bits per heavy atom. The van der Waals surface area contributed by atoms with Crippen molar-refractivity contribution in [3.63, 3.8) is 0 Å². The SMILES string of the molecule is COC(=O)C1(NC(=O)/C=C/c2cn(C)c(=O)n(C)c2=O)CCCCC1. The number of nitrogens with one attached hydrogen (secondary N) is 1. The van der Waals surface area contributed by atoms with Crippen LogP contribution in [0.3, 0.4) is 0 Å². The van der Waals surface area contributed by atoms with Gasteiger partial charge in [-0.2, -0.15) is 0 Å². The second kappa shape index (κ2) is 7.50. The zero-order chi connectivity index (χ0) is 18.6. The van der Waals surface area contributed by atoms with Crippen molar-refractivity contribution in [1.29, 1.82) is 0 Å². The highest BCUT2D eigenvalue weighted by Gasteiger charge is 2.41. The number of hydrogen-bond donors (Lipinski definition) is 1. The molecule has 0 unspecified atom stereocenters. The van der Waals surface area contributed by atoms with Crippen LogP contribution >= 0.6 is 0 Å². The summed E-state index contributed by atoms with van der Waals surface area (Å²) in [6.07, 6.45) is 7.64. The van der Waals surface area contributed by atoms with Gasteiger partial charge in [0.15, 0.2) is 0 Å². The van der Waals surface area contributed by atoms with Crippen LogP contribution in [0.5, 0.6) is 0 Å². The summed E-state index contributed by atoms with van der Waals surface area (Å²) >= 11 is 0. The van der Waals surface area contributed by atoms with Crippen LogP contribution in [0.2, 0.25) is 0 Å². The van der Waals surface area contributed by atoms with Crippen molar-refractivity contribution in [1.82, 2.24) is 14.5 Å². The molecule has 1 aliphatic rings. The summed E-state index contributed by atoms with van der Waals surface area (Å²) in [4.78, 5) is 48.1. The van der Waals surface area contributed by atoms with Gasteiger partial charge in [-0.15, -0.1) is 0 Å². The molecule has 1 aliphatic carbocycles. The van der Waals surface area contributed by atoms with E-state index in [1.54, 1.807) is 0 Å². The van der Waals surface area contributed by atoms with Crippen molar-refractivity contribution in [2.45, 2.75) is 37.6 Å². The van der Waals surface area contributed by atoms with Crippen molar-refractivity contribution >= 4 is 18.0 Å². The van der Waals surface area contributed by atoms with E-state index in [0.29, 0.717) is 12.8 Å². The summed E-state index contributed by atoms with van der Waals surface area (Å²) in [6, 6.07) is 0. The molecule has 0 spiro atoms. The number of amides is 1. The summed E-state index contributed by atoms with van der Waals surface area (Å²) in [5.41, 5.74) is -1.75. The molecule has 0 bridgehead atoms. The maximum Gasteiger partial charge on any atom is 0.331 e. The Morgan fingerprint density at radius 2 is 1.84 bits per heavy atom. The van der Waals surface area contributed by atoms with E-state index in [4.69, 9.17) is 4.74 Å². The van der Waals surface area contributed by atoms with Gasteiger partial charge in [0.2, 0.25) is 5.91 Å². The normalized spacial score (nSPS) is 16.6. The third-order valence-corrected chi connectivity index (χ3v) is 4.53. The fourth-order valence-electron chi connectivity index (χ4n) is 3.12. The van der Waals surface area contributed by atoms with E-state index in [9.17, 15) is 19.2 Å². The highest BCUT2D eigenvalue weighted by Crippen LogP contribution is 2.29. The first-order chi connectivity index (χ1) is 11.8. The average molecular weight is 349 g/mol. The van der Waals surface area contributed by atoms with Gasteiger partial charge in [0.05, 0.1) is 12.7 Å². The number of rotatable bonds is 4. The number of carbonyl (C=O) groups excluding carboxylic acids is 2. The van der Waals surface area contributed by atoms with Gasteiger partial charge in [0.25, 0.3) is 5.56 Å². The zero-order valence-electron chi connectivity index (χ0n) is 14.7. The van der Waals surface area contributed by atoms with E-state index in [1.807, 2.05) is 0 Å². The van der Waals surface area contributed by atoms with Gasteiger partial charge in [-0.1, -0.05) is 19.3 Å². The second-order valence-electron chi connectivity index (χ2n) is 6.30.